The van der Waals surface area contributed by atoms with E-state index in [-0.39, 0.29) is 11.5 Å². The number of aromatic nitrogens is 1. The van der Waals surface area contributed by atoms with Crippen molar-refractivity contribution in [3.63, 3.8) is 0 Å². The van der Waals surface area contributed by atoms with Gasteiger partial charge in [0.2, 0.25) is 0 Å². The number of thioether (sulfide) groups is 1. The number of benzene rings is 3. The zero-order valence-corrected chi connectivity index (χ0v) is 18.0. The number of fused-ring (bicyclic) bond motifs is 1. The van der Waals surface area contributed by atoms with Gasteiger partial charge >= 0.3 is 5.97 Å². The number of nitrogens with zero attached hydrogens (tertiary/aromatic N) is 1. The van der Waals surface area contributed by atoms with Crippen LogP contribution in [0.1, 0.15) is 27.2 Å². The van der Waals surface area contributed by atoms with Gasteiger partial charge in [0.05, 0.1) is 0 Å². The minimum Gasteiger partial charge on any atom is -0.477 e. The molecule has 0 amide bonds. The van der Waals surface area contributed by atoms with Crippen molar-refractivity contribution in [2.24, 2.45) is 0 Å². The molecule has 0 radical (unpaired) electrons. The fourth-order valence-electron chi connectivity index (χ4n) is 3.81. The van der Waals surface area contributed by atoms with Crippen molar-refractivity contribution in [3.05, 3.63) is 101 Å². The van der Waals surface area contributed by atoms with E-state index < -0.39 is 5.97 Å². The molecule has 3 aromatic carbocycles. The fraction of sp³-hybridized carbons (Fsp3) is 0.160. The van der Waals surface area contributed by atoms with E-state index in [1.807, 2.05) is 30.5 Å². The van der Waals surface area contributed by atoms with Gasteiger partial charge in [-0.3, -0.25) is 0 Å². The molecule has 0 aliphatic rings. The van der Waals surface area contributed by atoms with Gasteiger partial charge in [-0.25, -0.2) is 9.18 Å². The van der Waals surface area contributed by atoms with E-state index in [0.29, 0.717) is 19.6 Å². The van der Waals surface area contributed by atoms with Crippen molar-refractivity contribution in [1.29, 1.82) is 0 Å². The highest BCUT2D eigenvalue weighted by Crippen LogP contribution is 2.28. The zero-order chi connectivity index (χ0) is 21.8. The molecule has 0 saturated carbocycles. The van der Waals surface area contributed by atoms with Gasteiger partial charge in [0, 0.05) is 41.0 Å². The average molecular weight is 435 g/mol. The van der Waals surface area contributed by atoms with Crippen LogP contribution in [-0.2, 0) is 19.6 Å². The van der Waals surface area contributed by atoms with Crippen LogP contribution in [-0.4, -0.2) is 21.9 Å². The van der Waals surface area contributed by atoms with Crippen LogP contribution >= 0.6 is 11.8 Å². The topological polar surface area (TPSA) is 54.3 Å². The van der Waals surface area contributed by atoms with E-state index in [4.69, 9.17) is 0 Å². The lowest BCUT2D eigenvalue weighted by molar-refractivity contribution is 0.0684. The van der Waals surface area contributed by atoms with Gasteiger partial charge < -0.3 is 15.0 Å². The van der Waals surface area contributed by atoms with E-state index in [9.17, 15) is 14.3 Å². The fourth-order valence-corrected chi connectivity index (χ4v) is 4.22. The quantitative estimate of drug-likeness (QED) is 0.358. The third kappa shape index (κ3) is 4.65. The number of para-hydroxylation sites is 1. The molecule has 0 atom stereocenters. The first-order chi connectivity index (χ1) is 15.1. The molecule has 4 nitrogen and oxygen atoms in total. The lowest BCUT2D eigenvalue weighted by Gasteiger charge is -2.10. The normalized spacial score (nSPS) is 11.2. The average Bonchev–Trinajstić information content (AvgIpc) is 3.09. The molecule has 2 N–H and O–H groups in total. The third-order valence-corrected chi connectivity index (χ3v) is 6.07. The van der Waals surface area contributed by atoms with Gasteiger partial charge in [0.15, 0.2) is 0 Å². The molecule has 31 heavy (non-hydrogen) atoms. The first-order valence-electron chi connectivity index (χ1n) is 9.98. The first kappa shape index (κ1) is 21.2. The summed E-state index contributed by atoms with van der Waals surface area (Å²) in [5.41, 5.74) is 3.86. The Morgan fingerprint density at radius 2 is 1.65 bits per heavy atom. The largest absolute Gasteiger partial charge is 0.477 e. The Morgan fingerprint density at radius 3 is 2.32 bits per heavy atom. The van der Waals surface area contributed by atoms with Crippen LogP contribution in [0.15, 0.2) is 77.7 Å². The molecule has 1 heterocycles. The predicted molar refractivity (Wildman–Crippen MR) is 123 cm³/mol. The second-order valence-electron chi connectivity index (χ2n) is 7.31. The number of hydrogen-bond donors (Lipinski definition) is 2. The van der Waals surface area contributed by atoms with Crippen LogP contribution in [0.2, 0.25) is 0 Å². The van der Waals surface area contributed by atoms with Crippen LogP contribution in [0.3, 0.4) is 0 Å². The maximum Gasteiger partial charge on any atom is 0.352 e. The summed E-state index contributed by atoms with van der Waals surface area (Å²) in [7, 11) is 0. The highest BCUT2D eigenvalue weighted by atomic mass is 32.2. The SMILES string of the molecule is CSc1ccc(CNCc2c(C(=O)O)n(Cc3ccc(F)cc3)c3ccccc23)cc1. The molecule has 0 spiro atoms. The summed E-state index contributed by atoms with van der Waals surface area (Å²) >= 11 is 1.70. The molecule has 0 bridgehead atoms. The molecule has 0 aliphatic carbocycles. The first-order valence-corrected chi connectivity index (χ1v) is 11.2. The Labute approximate surface area is 184 Å². The Hall–Kier alpha value is -3.09. The summed E-state index contributed by atoms with van der Waals surface area (Å²) in [6, 6.07) is 22.2. The Kier molecular flexibility index (Phi) is 6.39. The van der Waals surface area contributed by atoms with Gasteiger partial charge in [-0.15, -0.1) is 11.8 Å². The van der Waals surface area contributed by atoms with Crippen molar-refractivity contribution >= 4 is 28.6 Å². The summed E-state index contributed by atoms with van der Waals surface area (Å²) in [4.78, 5) is 13.5. The van der Waals surface area contributed by atoms with Crippen molar-refractivity contribution in [1.82, 2.24) is 9.88 Å². The summed E-state index contributed by atoms with van der Waals surface area (Å²) < 4.78 is 15.1. The van der Waals surface area contributed by atoms with Crippen LogP contribution in [0.4, 0.5) is 4.39 Å². The van der Waals surface area contributed by atoms with E-state index in [1.165, 1.54) is 17.0 Å². The van der Waals surface area contributed by atoms with Crippen molar-refractivity contribution < 1.29 is 14.3 Å². The molecule has 158 valence electrons. The second kappa shape index (κ2) is 9.37. The van der Waals surface area contributed by atoms with Gasteiger partial charge in [-0.2, -0.15) is 0 Å². The molecular formula is C25H23FN2O2S. The van der Waals surface area contributed by atoms with Crippen molar-refractivity contribution in [2.75, 3.05) is 6.26 Å². The summed E-state index contributed by atoms with van der Waals surface area (Å²) in [6.07, 6.45) is 2.04. The maximum absolute atomic E-state index is 13.3. The van der Waals surface area contributed by atoms with Crippen LogP contribution < -0.4 is 5.32 Å². The minimum atomic E-state index is -0.973. The molecule has 0 saturated heterocycles. The molecule has 0 fully saturated rings. The molecule has 0 aliphatic heterocycles. The Balaban J connectivity index is 1.64. The van der Waals surface area contributed by atoms with Crippen LogP contribution in [0, 0.1) is 5.82 Å². The number of halogens is 1. The number of hydrogen-bond acceptors (Lipinski definition) is 3. The van der Waals surface area contributed by atoms with E-state index in [1.54, 1.807) is 28.5 Å². The number of rotatable bonds is 8. The van der Waals surface area contributed by atoms with Gasteiger partial charge in [-0.1, -0.05) is 42.5 Å². The number of nitrogens with one attached hydrogen (secondary N) is 1. The molecule has 1 aromatic heterocycles. The summed E-state index contributed by atoms with van der Waals surface area (Å²) in [6.45, 7) is 1.44. The molecule has 4 aromatic rings. The standard InChI is InChI=1S/C25H23FN2O2S/c1-31-20-12-8-17(9-13-20)14-27-15-22-21-4-2-3-5-23(21)28(24(22)25(29)30)16-18-6-10-19(26)11-7-18/h2-13,27H,14-16H2,1H3,(H,29,30). The highest BCUT2D eigenvalue weighted by Gasteiger charge is 2.22. The highest BCUT2D eigenvalue weighted by molar-refractivity contribution is 7.98. The number of aromatic carboxylic acids is 1. The van der Waals surface area contributed by atoms with Gasteiger partial charge in [0.25, 0.3) is 0 Å². The van der Waals surface area contributed by atoms with Crippen molar-refractivity contribution in [3.8, 4) is 0 Å². The number of carboxylic acid groups (broad SMARTS) is 1. The van der Waals surface area contributed by atoms with E-state index >= 15 is 0 Å². The van der Waals surface area contributed by atoms with Gasteiger partial charge in [0.1, 0.15) is 11.5 Å². The lowest BCUT2D eigenvalue weighted by atomic mass is 10.1. The molecule has 6 heteroatoms. The minimum absolute atomic E-state index is 0.260. The zero-order valence-electron chi connectivity index (χ0n) is 17.1. The number of carboxylic acids is 1. The maximum atomic E-state index is 13.3. The smallest absolute Gasteiger partial charge is 0.352 e. The van der Waals surface area contributed by atoms with E-state index in [0.717, 1.165) is 27.6 Å². The molecule has 4 rings (SSSR count). The number of carbonyl (C=O) groups is 1. The lowest BCUT2D eigenvalue weighted by Crippen LogP contribution is -2.17. The van der Waals surface area contributed by atoms with Crippen LogP contribution in [0.5, 0.6) is 0 Å². The Morgan fingerprint density at radius 1 is 0.968 bits per heavy atom. The summed E-state index contributed by atoms with van der Waals surface area (Å²) in [5, 5.41) is 14.3. The van der Waals surface area contributed by atoms with Gasteiger partial charge in [-0.05, 0) is 47.7 Å². The Bertz CT molecular complexity index is 1200. The monoisotopic (exact) mass is 434 g/mol. The second-order valence-corrected chi connectivity index (χ2v) is 8.19. The summed E-state index contributed by atoms with van der Waals surface area (Å²) in [5.74, 6) is -1.28. The van der Waals surface area contributed by atoms with Crippen LogP contribution in [0.25, 0.3) is 10.9 Å². The van der Waals surface area contributed by atoms with E-state index in [2.05, 4.69) is 29.6 Å². The third-order valence-electron chi connectivity index (χ3n) is 5.32. The molecule has 0 unspecified atom stereocenters. The molecular weight excluding hydrogens is 411 g/mol. The predicted octanol–water partition coefficient (Wildman–Crippen LogP) is 5.54. The van der Waals surface area contributed by atoms with Crippen molar-refractivity contribution in [2.45, 2.75) is 24.5 Å².